The molecule has 0 bridgehead atoms. The smallest absolute Gasteiger partial charge is 0.338 e. The molecule has 0 saturated heterocycles. The summed E-state index contributed by atoms with van der Waals surface area (Å²) < 4.78 is 10.3. The number of nitrogens with zero attached hydrogens (tertiary/aromatic N) is 2. The molecule has 0 atom stereocenters. The van der Waals surface area contributed by atoms with Gasteiger partial charge in [0.25, 0.3) is 0 Å². The van der Waals surface area contributed by atoms with Gasteiger partial charge in [-0.3, -0.25) is 0 Å². The predicted molar refractivity (Wildman–Crippen MR) is 115 cm³/mol. The van der Waals surface area contributed by atoms with Crippen LogP contribution >= 0.6 is 23.8 Å². The van der Waals surface area contributed by atoms with E-state index >= 15 is 0 Å². The van der Waals surface area contributed by atoms with Gasteiger partial charge < -0.3 is 19.9 Å². The Hall–Kier alpha value is -2.97. The summed E-state index contributed by atoms with van der Waals surface area (Å²) in [6.07, 6.45) is 0. The number of rotatable bonds is 6. The number of halogens is 1. The molecule has 0 amide bonds. The molecular formula is C20H19ClN4O3S. The average Bonchev–Trinajstić information content (AvgIpc) is 3.17. The number of hydrogen-bond acceptors (Lipinski definition) is 6. The third kappa shape index (κ3) is 5.10. The first-order chi connectivity index (χ1) is 14.0. The van der Waals surface area contributed by atoms with Gasteiger partial charge in [-0.05, 0) is 55.9 Å². The minimum Gasteiger partial charge on any atom is -0.462 e. The lowest BCUT2D eigenvalue weighted by Crippen LogP contribution is -2.28. The quantitative estimate of drug-likeness (QED) is 0.440. The van der Waals surface area contributed by atoms with E-state index in [1.165, 1.54) is 0 Å². The zero-order valence-corrected chi connectivity index (χ0v) is 17.4. The van der Waals surface area contributed by atoms with Crippen LogP contribution in [0.3, 0.4) is 0 Å². The molecule has 7 nitrogen and oxygen atoms in total. The van der Waals surface area contributed by atoms with Gasteiger partial charge in [-0.1, -0.05) is 35.0 Å². The molecule has 0 spiro atoms. The minimum absolute atomic E-state index is 0.236. The Morgan fingerprint density at radius 3 is 2.79 bits per heavy atom. The number of hydrogen-bond donors (Lipinski definition) is 2. The monoisotopic (exact) mass is 430 g/mol. The van der Waals surface area contributed by atoms with E-state index in [1.54, 1.807) is 25.1 Å². The summed E-state index contributed by atoms with van der Waals surface area (Å²) in [6.45, 7) is 4.14. The first-order valence-corrected chi connectivity index (χ1v) is 9.67. The average molecular weight is 431 g/mol. The van der Waals surface area contributed by atoms with Crippen LogP contribution in [0.4, 0.5) is 5.69 Å². The number of anilines is 1. The zero-order valence-electron chi connectivity index (χ0n) is 15.9. The van der Waals surface area contributed by atoms with Gasteiger partial charge in [-0.2, -0.15) is 4.98 Å². The van der Waals surface area contributed by atoms with Crippen LogP contribution in [-0.2, 0) is 11.3 Å². The fourth-order valence-electron chi connectivity index (χ4n) is 2.60. The molecule has 29 heavy (non-hydrogen) atoms. The Kier molecular flexibility index (Phi) is 6.79. The highest BCUT2D eigenvalue weighted by molar-refractivity contribution is 7.80. The molecule has 3 rings (SSSR count). The normalized spacial score (nSPS) is 10.4. The van der Waals surface area contributed by atoms with Crippen molar-refractivity contribution in [2.75, 3.05) is 11.9 Å². The predicted octanol–water partition coefficient (Wildman–Crippen LogP) is 4.36. The fourth-order valence-corrected chi connectivity index (χ4v) is 3.00. The molecule has 2 N–H and O–H groups in total. The van der Waals surface area contributed by atoms with E-state index in [2.05, 4.69) is 20.8 Å². The first kappa shape index (κ1) is 20.8. The van der Waals surface area contributed by atoms with Gasteiger partial charge in [0.15, 0.2) is 5.11 Å². The summed E-state index contributed by atoms with van der Waals surface area (Å²) in [6, 6.07) is 12.6. The third-order valence-corrected chi connectivity index (χ3v) is 4.64. The highest BCUT2D eigenvalue weighted by Gasteiger charge is 2.14. The lowest BCUT2D eigenvalue weighted by Gasteiger charge is -2.13. The Bertz CT molecular complexity index is 1040. The van der Waals surface area contributed by atoms with E-state index in [0.717, 1.165) is 5.56 Å². The number of carbonyl (C=O) groups is 1. The second kappa shape index (κ2) is 9.49. The van der Waals surface area contributed by atoms with Gasteiger partial charge in [0.2, 0.25) is 11.7 Å². The van der Waals surface area contributed by atoms with Crippen molar-refractivity contribution < 1.29 is 14.1 Å². The van der Waals surface area contributed by atoms with Gasteiger partial charge in [0.1, 0.15) is 0 Å². The molecule has 3 aromatic rings. The summed E-state index contributed by atoms with van der Waals surface area (Å²) in [4.78, 5) is 16.3. The molecule has 2 aromatic carbocycles. The van der Waals surface area contributed by atoms with Gasteiger partial charge >= 0.3 is 5.97 Å². The summed E-state index contributed by atoms with van der Waals surface area (Å²) in [5.41, 5.74) is 2.63. The summed E-state index contributed by atoms with van der Waals surface area (Å²) in [7, 11) is 0. The van der Waals surface area contributed by atoms with Crippen molar-refractivity contribution >= 4 is 40.6 Å². The number of aromatic nitrogens is 2. The van der Waals surface area contributed by atoms with Crippen molar-refractivity contribution in [3.8, 4) is 11.4 Å². The third-order valence-electron chi connectivity index (χ3n) is 4.06. The summed E-state index contributed by atoms with van der Waals surface area (Å²) in [5.74, 6) is 0.399. The van der Waals surface area contributed by atoms with Gasteiger partial charge in [0, 0.05) is 11.3 Å². The lowest BCUT2D eigenvalue weighted by atomic mass is 10.1. The van der Waals surface area contributed by atoms with Crippen molar-refractivity contribution in [3.05, 3.63) is 64.5 Å². The number of thiocarbonyl (C=S) groups is 1. The molecule has 0 aliphatic rings. The minimum atomic E-state index is -0.370. The van der Waals surface area contributed by atoms with Crippen molar-refractivity contribution in [3.63, 3.8) is 0 Å². The van der Waals surface area contributed by atoms with Crippen LogP contribution in [0.5, 0.6) is 0 Å². The molecule has 0 radical (unpaired) electrons. The van der Waals surface area contributed by atoms with Crippen LogP contribution in [0.15, 0.2) is 47.0 Å². The fraction of sp³-hybridized carbons (Fsp3) is 0.200. The molecule has 0 saturated carbocycles. The first-order valence-electron chi connectivity index (χ1n) is 8.88. The number of nitrogens with one attached hydrogen (secondary N) is 2. The van der Waals surface area contributed by atoms with Crippen LogP contribution in [0, 0.1) is 6.92 Å². The van der Waals surface area contributed by atoms with Gasteiger partial charge in [-0.25, -0.2) is 4.79 Å². The second-order valence-corrected chi connectivity index (χ2v) is 6.81. The summed E-state index contributed by atoms with van der Waals surface area (Å²) in [5, 5.41) is 10.9. The highest BCUT2D eigenvalue weighted by atomic mass is 35.5. The largest absolute Gasteiger partial charge is 0.462 e. The van der Waals surface area contributed by atoms with Crippen molar-refractivity contribution in [2.45, 2.75) is 20.4 Å². The number of ether oxygens (including phenoxy) is 1. The van der Waals surface area contributed by atoms with Crippen LogP contribution in [0.25, 0.3) is 11.4 Å². The van der Waals surface area contributed by atoms with Gasteiger partial charge in [-0.15, -0.1) is 0 Å². The Labute approximate surface area is 178 Å². The van der Waals surface area contributed by atoms with Crippen molar-refractivity contribution in [2.24, 2.45) is 0 Å². The standard InChI is InChI=1S/C20H19ClN4O3S/c1-3-27-19(26)13-8-6-10-16(12(13)2)23-20(29)22-11-17-24-18(25-28-17)14-7-4-5-9-15(14)21/h4-10H,3,11H2,1-2H3,(H2,22,23,29). The second-order valence-electron chi connectivity index (χ2n) is 6.00. The highest BCUT2D eigenvalue weighted by Crippen LogP contribution is 2.25. The number of esters is 1. The topological polar surface area (TPSA) is 89.3 Å². The maximum atomic E-state index is 12.0. The van der Waals surface area contributed by atoms with Crippen LogP contribution < -0.4 is 10.6 Å². The van der Waals surface area contributed by atoms with Crippen molar-refractivity contribution in [1.82, 2.24) is 15.5 Å². The molecule has 0 fully saturated rings. The molecular weight excluding hydrogens is 412 g/mol. The molecule has 0 unspecified atom stereocenters. The van der Waals surface area contributed by atoms with E-state index in [0.29, 0.717) is 45.3 Å². The Morgan fingerprint density at radius 2 is 2.03 bits per heavy atom. The Balaban J connectivity index is 1.62. The lowest BCUT2D eigenvalue weighted by molar-refractivity contribution is 0.0525. The van der Waals surface area contributed by atoms with E-state index < -0.39 is 0 Å². The Morgan fingerprint density at radius 1 is 1.24 bits per heavy atom. The van der Waals surface area contributed by atoms with Crippen LogP contribution in [0.1, 0.15) is 28.7 Å². The maximum absolute atomic E-state index is 12.0. The molecule has 150 valence electrons. The molecule has 1 aromatic heterocycles. The molecule has 0 aliphatic carbocycles. The van der Waals surface area contributed by atoms with E-state index in [1.807, 2.05) is 31.2 Å². The number of benzene rings is 2. The SMILES string of the molecule is CCOC(=O)c1cccc(NC(=S)NCc2nc(-c3ccccc3Cl)no2)c1C. The van der Waals surface area contributed by atoms with Crippen LogP contribution in [-0.4, -0.2) is 27.8 Å². The molecule has 1 heterocycles. The molecule has 9 heteroatoms. The zero-order chi connectivity index (χ0) is 20.8. The van der Waals surface area contributed by atoms with E-state index in [-0.39, 0.29) is 12.5 Å². The van der Waals surface area contributed by atoms with E-state index in [9.17, 15) is 4.79 Å². The maximum Gasteiger partial charge on any atom is 0.338 e. The van der Waals surface area contributed by atoms with Gasteiger partial charge in [0.05, 0.1) is 23.7 Å². The number of carbonyl (C=O) groups excluding carboxylic acids is 1. The van der Waals surface area contributed by atoms with E-state index in [4.69, 9.17) is 33.1 Å². The van der Waals surface area contributed by atoms with Crippen LogP contribution in [0.2, 0.25) is 5.02 Å². The van der Waals surface area contributed by atoms with Crippen molar-refractivity contribution in [1.29, 1.82) is 0 Å². The summed E-state index contributed by atoms with van der Waals surface area (Å²) >= 11 is 11.5. The molecule has 0 aliphatic heterocycles.